The van der Waals surface area contributed by atoms with Gasteiger partial charge in [0.25, 0.3) is 0 Å². The molecule has 0 aliphatic rings. The summed E-state index contributed by atoms with van der Waals surface area (Å²) in [5.74, 6) is -2.90. The first kappa shape index (κ1) is 14.6. The summed E-state index contributed by atoms with van der Waals surface area (Å²) in [6.07, 6.45) is 0.264. The standard InChI is InChI=1S/C13H14ClFO3/c1-3-9(13(17)18-4-2)12(16)10-6-5-8(14)7-11(10)15/h5-7,9H,3-4H2,1-2H3. The quantitative estimate of drug-likeness (QED) is 0.469. The Morgan fingerprint density at radius 2 is 2.06 bits per heavy atom. The van der Waals surface area contributed by atoms with E-state index in [9.17, 15) is 14.0 Å². The van der Waals surface area contributed by atoms with Crippen molar-refractivity contribution in [3.8, 4) is 0 Å². The summed E-state index contributed by atoms with van der Waals surface area (Å²) in [6.45, 7) is 3.51. The van der Waals surface area contributed by atoms with Crippen LogP contribution in [0.3, 0.4) is 0 Å². The summed E-state index contributed by atoms with van der Waals surface area (Å²) < 4.78 is 18.4. The molecule has 0 heterocycles. The van der Waals surface area contributed by atoms with E-state index < -0.39 is 23.5 Å². The molecule has 0 fully saturated rings. The molecule has 0 aliphatic carbocycles. The first-order chi connectivity index (χ1) is 8.51. The lowest BCUT2D eigenvalue weighted by Crippen LogP contribution is -2.26. The Morgan fingerprint density at radius 3 is 2.56 bits per heavy atom. The average molecular weight is 273 g/mol. The Kier molecular flexibility index (Phi) is 5.28. The molecule has 1 aromatic rings. The van der Waals surface area contributed by atoms with Gasteiger partial charge in [-0.1, -0.05) is 18.5 Å². The van der Waals surface area contributed by atoms with Gasteiger partial charge in [-0.3, -0.25) is 9.59 Å². The van der Waals surface area contributed by atoms with E-state index in [2.05, 4.69) is 0 Å². The lowest BCUT2D eigenvalue weighted by molar-refractivity contribution is -0.146. The van der Waals surface area contributed by atoms with Crippen molar-refractivity contribution < 1.29 is 18.7 Å². The van der Waals surface area contributed by atoms with Crippen LogP contribution < -0.4 is 0 Å². The Labute approximate surface area is 110 Å². The van der Waals surface area contributed by atoms with Crippen LogP contribution in [-0.4, -0.2) is 18.4 Å². The summed E-state index contributed by atoms with van der Waals surface area (Å²) in [5, 5.41) is 0.202. The molecule has 5 heteroatoms. The minimum atomic E-state index is -0.972. The number of ketones is 1. The Hall–Kier alpha value is -1.42. The largest absolute Gasteiger partial charge is 0.465 e. The van der Waals surface area contributed by atoms with Crippen molar-refractivity contribution in [2.45, 2.75) is 20.3 Å². The summed E-state index contributed by atoms with van der Waals surface area (Å²) in [6, 6.07) is 3.74. The van der Waals surface area contributed by atoms with E-state index in [0.717, 1.165) is 6.07 Å². The zero-order valence-corrected chi connectivity index (χ0v) is 11.0. The van der Waals surface area contributed by atoms with Crippen LogP contribution in [0.5, 0.6) is 0 Å². The summed E-state index contributed by atoms with van der Waals surface area (Å²) in [7, 11) is 0. The number of Topliss-reactive ketones (excluding diaryl/α,β-unsaturated/α-hetero) is 1. The van der Waals surface area contributed by atoms with E-state index in [4.69, 9.17) is 16.3 Å². The van der Waals surface area contributed by atoms with Gasteiger partial charge in [0.2, 0.25) is 0 Å². The minimum absolute atomic E-state index is 0.140. The van der Waals surface area contributed by atoms with Gasteiger partial charge in [0.15, 0.2) is 5.78 Å². The van der Waals surface area contributed by atoms with E-state index >= 15 is 0 Å². The monoisotopic (exact) mass is 272 g/mol. The molecule has 98 valence electrons. The van der Waals surface area contributed by atoms with Gasteiger partial charge in [0.1, 0.15) is 11.7 Å². The lowest BCUT2D eigenvalue weighted by atomic mass is 9.95. The van der Waals surface area contributed by atoms with Crippen LogP contribution in [0.25, 0.3) is 0 Å². The highest BCUT2D eigenvalue weighted by Crippen LogP contribution is 2.20. The van der Waals surface area contributed by atoms with Crippen LogP contribution in [0.2, 0.25) is 5.02 Å². The fourth-order valence-electron chi connectivity index (χ4n) is 1.58. The molecule has 0 bridgehead atoms. The molecule has 3 nitrogen and oxygen atoms in total. The number of hydrogen-bond donors (Lipinski definition) is 0. The third-order valence-electron chi connectivity index (χ3n) is 2.49. The molecule has 0 saturated heterocycles. The van der Waals surface area contributed by atoms with E-state index in [1.54, 1.807) is 13.8 Å². The van der Waals surface area contributed by atoms with Gasteiger partial charge >= 0.3 is 5.97 Å². The third kappa shape index (κ3) is 3.29. The maximum Gasteiger partial charge on any atom is 0.316 e. The predicted molar refractivity (Wildman–Crippen MR) is 66.2 cm³/mol. The second kappa shape index (κ2) is 6.50. The number of halogens is 2. The fraction of sp³-hybridized carbons (Fsp3) is 0.385. The Bertz CT molecular complexity index is 460. The zero-order chi connectivity index (χ0) is 13.7. The molecule has 1 unspecified atom stereocenters. The highest BCUT2D eigenvalue weighted by Gasteiger charge is 2.28. The Balaban J connectivity index is 3.00. The molecular weight excluding hydrogens is 259 g/mol. The third-order valence-corrected chi connectivity index (χ3v) is 2.73. The number of rotatable bonds is 5. The number of hydrogen-bond acceptors (Lipinski definition) is 3. The summed E-state index contributed by atoms with van der Waals surface area (Å²) in [5.41, 5.74) is -0.140. The fourth-order valence-corrected chi connectivity index (χ4v) is 1.74. The van der Waals surface area contributed by atoms with E-state index in [1.165, 1.54) is 12.1 Å². The van der Waals surface area contributed by atoms with Crippen LogP contribution in [-0.2, 0) is 9.53 Å². The van der Waals surface area contributed by atoms with Crippen LogP contribution in [0.4, 0.5) is 4.39 Å². The number of carbonyl (C=O) groups excluding carboxylic acids is 2. The van der Waals surface area contributed by atoms with Crippen LogP contribution >= 0.6 is 11.6 Å². The number of carbonyl (C=O) groups is 2. The molecular formula is C13H14ClFO3. The van der Waals surface area contributed by atoms with Crippen molar-refractivity contribution in [1.82, 2.24) is 0 Å². The Morgan fingerprint density at radius 1 is 1.39 bits per heavy atom. The number of ether oxygens (including phenoxy) is 1. The minimum Gasteiger partial charge on any atom is -0.465 e. The average Bonchev–Trinajstić information content (AvgIpc) is 2.29. The molecule has 0 saturated carbocycles. The molecule has 1 aromatic carbocycles. The van der Waals surface area contributed by atoms with Crippen molar-refractivity contribution in [3.63, 3.8) is 0 Å². The van der Waals surface area contributed by atoms with Crippen molar-refractivity contribution in [3.05, 3.63) is 34.6 Å². The number of benzene rings is 1. The lowest BCUT2D eigenvalue weighted by Gasteiger charge is -2.12. The second-order valence-electron chi connectivity index (χ2n) is 3.70. The predicted octanol–water partition coefficient (Wildman–Crippen LogP) is 3.25. The van der Waals surface area contributed by atoms with Gasteiger partial charge in [-0.25, -0.2) is 4.39 Å². The van der Waals surface area contributed by atoms with Gasteiger partial charge in [-0.2, -0.15) is 0 Å². The van der Waals surface area contributed by atoms with Crippen LogP contribution in [0.15, 0.2) is 18.2 Å². The normalized spacial score (nSPS) is 12.0. The van der Waals surface area contributed by atoms with Crippen molar-refractivity contribution in [2.24, 2.45) is 5.92 Å². The van der Waals surface area contributed by atoms with E-state index in [-0.39, 0.29) is 23.6 Å². The maximum absolute atomic E-state index is 13.6. The first-order valence-corrected chi connectivity index (χ1v) is 6.04. The molecule has 0 aliphatic heterocycles. The molecule has 0 amide bonds. The maximum atomic E-state index is 13.6. The highest BCUT2D eigenvalue weighted by atomic mass is 35.5. The van der Waals surface area contributed by atoms with Crippen molar-refractivity contribution in [1.29, 1.82) is 0 Å². The SMILES string of the molecule is CCOC(=O)C(CC)C(=O)c1ccc(Cl)cc1F. The summed E-state index contributed by atoms with van der Waals surface area (Å²) >= 11 is 5.60. The smallest absolute Gasteiger partial charge is 0.316 e. The van der Waals surface area contributed by atoms with Gasteiger partial charge in [0.05, 0.1) is 12.2 Å². The molecule has 1 atom stereocenters. The molecule has 0 N–H and O–H groups in total. The van der Waals surface area contributed by atoms with E-state index in [1.807, 2.05) is 0 Å². The van der Waals surface area contributed by atoms with Gasteiger partial charge in [0, 0.05) is 5.02 Å². The zero-order valence-electron chi connectivity index (χ0n) is 10.2. The van der Waals surface area contributed by atoms with E-state index in [0.29, 0.717) is 0 Å². The molecule has 0 spiro atoms. The highest BCUT2D eigenvalue weighted by molar-refractivity contribution is 6.30. The summed E-state index contributed by atoms with van der Waals surface area (Å²) in [4.78, 5) is 23.6. The van der Waals surface area contributed by atoms with Gasteiger partial charge < -0.3 is 4.74 Å². The molecule has 0 radical (unpaired) electrons. The van der Waals surface area contributed by atoms with Crippen molar-refractivity contribution in [2.75, 3.05) is 6.61 Å². The van der Waals surface area contributed by atoms with Gasteiger partial charge in [-0.15, -0.1) is 0 Å². The first-order valence-electron chi connectivity index (χ1n) is 5.67. The second-order valence-corrected chi connectivity index (χ2v) is 4.14. The molecule has 18 heavy (non-hydrogen) atoms. The van der Waals surface area contributed by atoms with Crippen LogP contribution in [0.1, 0.15) is 30.6 Å². The van der Waals surface area contributed by atoms with Crippen LogP contribution in [0, 0.1) is 11.7 Å². The number of esters is 1. The van der Waals surface area contributed by atoms with Gasteiger partial charge in [-0.05, 0) is 31.5 Å². The topological polar surface area (TPSA) is 43.4 Å². The molecule has 1 rings (SSSR count). The molecule has 0 aromatic heterocycles. The van der Waals surface area contributed by atoms with Crippen molar-refractivity contribution >= 4 is 23.4 Å².